The molecule has 0 unspecified atom stereocenters. The number of methoxy groups -OCH3 is 1. The minimum atomic E-state index is -0.510. The summed E-state index contributed by atoms with van der Waals surface area (Å²) >= 11 is 0. The summed E-state index contributed by atoms with van der Waals surface area (Å²) in [4.78, 5) is 22.4. The van der Waals surface area contributed by atoms with E-state index in [1.807, 2.05) is 0 Å². The molecule has 0 heterocycles. The number of unbranched alkanes of at least 4 members (excludes halogenated alkanes) is 5. The van der Waals surface area contributed by atoms with Crippen LogP contribution in [-0.2, 0) is 0 Å². The van der Waals surface area contributed by atoms with Gasteiger partial charge in [-0.05, 0) is 12.5 Å². The topological polar surface area (TPSA) is 69.4 Å². The van der Waals surface area contributed by atoms with Crippen LogP contribution >= 0.6 is 0 Å². The predicted octanol–water partition coefficient (Wildman–Crippen LogP) is 4.54. The van der Waals surface area contributed by atoms with Crippen LogP contribution in [0.2, 0.25) is 0 Å². The standard InChI is InChI=1S/C16H23NO4/c1-3-4-5-6-7-8-9-16(18)13-10-14(17(19)20)12-15(11-13)21-2/h10-12H,3-9H2,1-2H3. The van der Waals surface area contributed by atoms with E-state index in [-0.39, 0.29) is 11.5 Å². The van der Waals surface area contributed by atoms with E-state index in [0.717, 1.165) is 19.3 Å². The van der Waals surface area contributed by atoms with Gasteiger partial charge in [0.2, 0.25) is 0 Å². The van der Waals surface area contributed by atoms with Gasteiger partial charge in [-0.2, -0.15) is 0 Å². The summed E-state index contributed by atoms with van der Waals surface area (Å²) in [6.45, 7) is 2.17. The Balaban J connectivity index is 2.57. The molecule has 0 fully saturated rings. The van der Waals surface area contributed by atoms with Crippen LogP contribution in [0.25, 0.3) is 0 Å². The Labute approximate surface area is 125 Å². The van der Waals surface area contributed by atoms with Gasteiger partial charge >= 0.3 is 0 Å². The van der Waals surface area contributed by atoms with Gasteiger partial charge in [0, 0.05) is 18.1 Å². The molecule has 5 heteroatoms. The Morgan fingerprint density at radius 2 is 1.81 bits per heavy atom. The fraction of sp³-hybridized carbons (Fsp3) is 0.562. The van der Waals surface area contributed by atoms with E-state index in [2.05, 4.69) is 6.92 Å². The number of Topliss-reactive ketones (excluding diaryl/α,β-unsaturated/α-hetero) is 1. The summed E-state index contributed by atoms with van der Waals surface area (Å²) in [5, 5.41) is 10.8. The fourth-order valence-electron chi connectivity index (χ4n) is 2.18. The third-order valence-corrected chi connectivity index (χ3v) is 3.42. The molecule has 0 saturated heterocycles. The Morgan fingerprint density at radius 3 is 2.43 bits per heavy atom. The lowest BCUT2D eigenvalue weighted by molar-refractivity contribution is -0.384. The van der Waals surface area contributed by atoms with Crippen molar-refractivity contribution in [2.24, 2.45) is 0 Å². The normalized spacial score (nSPS) is 10.4. The highest BCUT2D eigenvalue weighted by Gasteiger charge is 2.14. The van der Waals surface area contributed by atoms with E-state index < -0.39 is 4.92 Å². The van der Waals surface area contributed by atoms with Gasteiger partial charge in [-0.1, -0.05) is 39.0 Å². The maximum Gasteiger partial charge on any atom is 0.273 e. The molecule has 1 rings (SSSR count). The van der Waals surface area contributed by atoms with Crippen molar-refractivity contribution in [1.29, 1.82) is 0 Å². The first-order valence-corrected chi connectivity index (χ1v) is 7.45. The second-order valence-electron chi connectivity index (χ2n) is 5.12. The third kappa shape index (κ3) is 5.94. The van der Waals surface area contributed by atoms with Crippen LogP contribution in [0.4, 0.5) is 5.69 Å². The van der Waals surface area contributed by atoms with Gasteiger partial charge in [-0.15, -0.1) is 0 Å². The number of benzene rings is 1. The summed E-state index contributed by atoms with van der Waals surface area (Å²) in [5.41, 5.74) is 0.246. The van der Waals surface area contributed by atoms with Crippen molar-refractivity contribution < 1.29 is 14.5 Å². The number of carbonyl (C=O) groups is 1. The molecule has 1 aromatic carbocycles. The number of hydrogen-bond acceptors (Lipinski definition) is 4. The molecular formula is C16H23NO4. The number of rotatable bonds is 10. The van der Waals surface area contributed by atoms with Crippen molar-refractivity contribution in [3.8, 4) is 5.75 Å². The molecule has 0 saturated carbocycles. The predicted molar refractivity (Wildman–Crippen MR) is 82.0 cm³/mol. The summed E-state index contributed by atoms with van der Waals surface area (Å²) in [6.07, 6.45) is 7.05. The highest BCUT2D eigenvalue weighted by atomic mass is 16.6. The van der Waals surface area contributed by atoms with Crippen LogP contribution in [0.1, 0.15) is 62.2 Å². The Bertz CT molecular complexity index is 485. The number of nitro benzene ring substituents is 1. The minimum absolute atomic E-state index is 0.0625. The summed E-state index contributed by atoms with van der Waals surface area (Å²) < 4.78 is 5.01. The number of nitrogens with zero attached hydrogens (tertiary/aromatic N) is 1. The Morgan fingerprint density at radius 1 is 1.14 bits per heavy atom. The van der Waals surface area contributed by atoms with Crippen LogP contribution < -0.4 is 4.74 Å². The highest BCUT2D eigenvalue weighted by molar-refractivity contribution is 5.97. The summed E-state index contributed by atoms with van der Waals surface area (Å²) in [5.74, 6) is 0.281. The highest BCUT2D eigenvalue weighted by Crippen LogP contribution is 2.24. The molecule has 1 aromatic rings. The largest absolute Gasteiger partial charge is 0.496 e. The number of hydrogen-bond donors (Lipinski definition) is 0. The first-order chi connectivity index (χ1) is 10.1. The molecule has 0 spiro atoms. The van der Waals surface area contributed by atoms with Crippen molar-refractivity contribution >= 4 is 11.5 Å². The maximum absolute atomic E-state index is 12.1. The lowest BCUT2D eigenvalue weighted by Gasteiger charge is -2.05. The lowest BCUT2D eigenvalue weighted by atomic mass is 10.0. The molecule has 0 N–H and O–H groups in total. The van der Waals surface area contributed by atoms with Crippen molar-refractivity contribution in [2.45, 2.75) is 51.9 Å². The van der Waals surface area contributed by atoms with Gasteiger partial charge in [-0.25, -0.2) is 0 Å². The van der Waals surface area contributed by atoms with E-state index >= 15 is 0 Å². The van der Waals surface area contributed by atoms with Crippen molar-refractivity contribution in [2.75, 3.05) is 7.11 Å². The number of ether oxygens (including phenoxy) is 1. The molecule has 0 aliphatic rings. The van der Waals surface area contributed by atoms with Gasteiger partial charge in [0.15, 0.2) is 5.78 Å². The molecule has 0 aliphatic heterocycles. The van der Waals surface area contributed by atoms with E-state index in [0.29, 0.717) is 17.7 Å². The number of ketones is 1. The average Bonchev–Trinajstić information content (AvgIpc) is 2.49. The lowest BCUT2D eigenvalue weighted by Crippen LogP contribution is -2.01. The minimum Gasteiger partial charge on any atom is -0.496 e. The summed E-state index contributed by atoms with van der Waals surface area (Å²) in [6, 6.07) is 4.20. The molecule has 0 bridgehead atoms. The Kier molecular flexibility index (Phi) is 7.43. The molecule has 0 atom stereocenters. The second-order valence-corrected chi connectivity index (χ2v) is 5.12. The van der Waals surface area contributed by atoms with Crippen molar-refractivity contribution in [3.05, 3.63) is 33.9 Å². The maximum atomic E-state index is 12.1. The second kappa shape index (κ2) is 9.10. The van der Waals surface area contributed by atoms with E-state index in [4.69, 9.17) is 4.74 Å². The number of non-ortho nitro benzene ring substituents is 1. The van der Waals surface area contributed by atoms with Crippen LogP contribution in [0, 0.1) is 10.1 Å². The Hall–Kier alpha value is -1.91. The van der Waals surface area contributed by atoms with E-state index in [1.165, 1.54) is 38.5 Å². The van der Waals surface area contributed by atoms with Crippen LogP contribution in [0.5, 0.6) is 5.75 Å². The quantitative estimate of drug-likeness (QED) is 0.275. The smallest absolute Gasteiger partial charge is 0.273 e. The van der Waals surface area contributed by atoms with Crippen LogP contribution in [0.3, 0.4) is 0 Å². The van der Waals surface area contributed by atoms with Gasteiger partial charge in [0.05, 0.1) is 18.1 Å². The van der Waals surface area contributed by atoms with Crippen molar-refractivity contribution in [1.82, 2.24) is 0 Å². The molecule has 21 heavy (non-hydrogen) atoms. The van der Waals surface area contributed by atoms with Crippen LogP contribution in [-0.4, -0.2) is 17.8 Å². The first kappa shape index (κ1) is 17.1. The summed E-state index contributed by atoms with van der Waals surface area (Å²) in [7, 11) is 1.43. The first-order valence-electron chi connectivity index (χ1n) is 7.45. The molecule has 5 nitrogen and oxygen atoms in total. The zero-order valence-corrected chi connectivity index (χ0v) is 12.8. The molecule has 0 aromatic heterocycles. The molecular weight excluding hydrogens is 270 g/mol. The zero-order valence-electron chi connectivity index (χ0n) is 12.8. The monoisotopic (exact) mass is 293 g/mol. The average molecular weight is 293 g/mol. The number of nitro groups is 1. The zero-order chi connectivity index (χ0) is 15.7. The molecule has 0 radical (unpaired) electrons. The molecule has 116 valence electrons. The van der Waals surface area contributed by atoms with Gasteiger partial charge < -0.3 is 4.74 Å². The van der Waals surface area contributed by atoms with E-state index in [1.54, 1.807) is 6.07 Å². The van der Waals surface area contributed by atoms with E-state index in [9.17, 15) is 14.9 Å². The van der Waals surface area contributed by atoms with Gasteiger partial charge in [-0.3, -0.25) is 14.9 Å². The third-order valence-electron chi connectivity index (χ3n) is 3.42. The molecule has 0 amide bonds. The van der Waals surface area contributed by atoms with Crippen LogP contribution in [0.15, 0.2) is 18.2 Å². The van der Waals surface area contributed by atoms with Gasteiger partial charge in [0.1, 0.15) is 5.75 Å². The number of carbonyl (C=O) groups excluding carboxylic acids is 1. The van der Waals surface area contributed by atoms with Gasteiger partial charge in [0.25, 0.3) is 5.69 Å². The SMILES string of the molecule is CCCCCCCCC(=O)c1cc(OC)cc([N+](=O)[O-])c1. The fourth-order valence-corrected chi connectivity index (χ4v) is 2.18. The molecule has 0 aliphatic carbocycles. The van der Waals surface area contributed by atoms with Crippen molar-refractivity contribution in [3.63, 3.8) is 0 Å².